The van der Waals surface area contributed by atoms with E-state index in [1.165, 1.54) is 12.1 Å². The maximum atomic E-state index is 11.6. The van der Waals surface area contributed by atoms with Crippen LogP contribution < -0.4 is 10.6 Å². The Hall–Kier alpha value is -1.95. The van der Waals surface area contributed by atoms with Crippen LogP contribution in [0.1, 0.15) is 25.8 Å². The van der Waals surface area contributed by atoms with Crippen molar-refractivity contribution < 1.29 is 20.1 Å². The van der Waals surface area contributed by atoms with Gasteiger partial charge in [0.2, 0.25) is 11.7 Å². The van der Waals surface area contributed by atoms with E-state index >= 15 is 0 Å². The number of phenols is 3. The topological polar surface area (TPSA) is 102 Å². The number of amides is 1. The molecule has 0 fully saturated rings. The van der Waals surface area contributed by atoms with Crippen LogP contribution in [0, 0.1) is 0 Å². The van der Waals surface area contributed by atoms with Gasteiger partial charge in [0.25, 0.3) is 0 Å². The third-order valence-corrected chi connectivity index (χ3v) is 2.75. The summed E-state index contributed by atoms with van der Waals surface area (Å²) >= 11 is 0. The SMILES string of the molecule is CCCNC(=O)C(C)NCc1ccc(O)c(O)c1O. The van der Waals surface area contributed by atoms with E-state index in [0.29, 0.717) is 12.1 Å². The highest BCUT2D eigenvalue weighted by molar-refractivity contribution is 5.81. The monoisotopic (exact) mass is 268 g/mol. The third kappa shape index (κ3) is 4.03. The zero-order chi connectivity index (χ0) is 14.4. The van der Waals surface area contributed by atoms with Gasteiger partial charge in [0.15, 0.2) is 11.5 Å². The molecule has 0 aliphatic rings. The van der Waals surface area contributed by atoms with Crippen molar-refractivity contribution in [2.45, 2.75) is 32.9 Å². The van der Waals surface area contributed by atoms with Crippen molar-refractivity contribution in [3.8, 4) is 17.2 Å². The Morgan fingerprint density at radius 2 is 1.95 bits per heavy atom. The molecule has 0 saturated heterocycles. The van der Waals surface area contributed by atoms with Gasteiger partial charge in [0, 0.05) is 18.7 Å². The molecule has 0 aromatic heterocycles. The fourth-order valence-electron chi connectivity index (χ4n) is 1.51. The lowest BCUT2D eigenvalue weighted by Gasteiger charge is -2.14. The molecule has 1 rings (SSSR count). The van der Waals surface area contributed by atoms with Crippen LogP contribution in [0.5, 0.6) is 17.2 Å². The van der Waals surface area contributed by atoms with Crippen LogP contribution in [-0.2, 0) is 11.3 Å². The summed E-state index contributed by atoms with van der Waals surface area (Å²) in [5.41, 5.74) is 0.408. The normalized spacial score (nSPS) is 12.1. The van der Waals surface area contributed by atoms with Crippen LogP contribution in [0.3, 0.4) is 0 Å². The van der Waals surface area contributed by atoms with Gasteiger partial charge < -0.3 is 26.0 Å². The van der Waals surface area contributed by atoms with Gasteiger partial charge >= 0.3 is 0 Å². The predicted octanol–water partition coefficient (Wildman–Crippen LogP) is 0.808. The molecule has 6 nitrogen and oxygen atoms in total. The van der Waals surface area contributed by atoms with Gasteiger partial charge in [-0.1, -0.05) is 13.0 Å². The minimum atomic E-state index is -0.553. The summed E-state index contributed by atoms with van der Waals surface area (Å²) in [7, 11) is 0. The average Bonchev–Trinajstić information content (AvgIpc) is 2.41. The van der Waals surface area contributed by atoms with E-state index < -0.39 is 11.8 Å². The highest BCUT2D eigenvalue weighted by atomic mass is 16.3. The second-order valence-corrected chi connectivity index (χ2v) is 4.33. The first-order valence-corrected chi connectivity index (χ1v) is 6.21. The number of carbonyl (C=O) groups is 1. The maximum Gasteiger partial charge on any atom is 0.236 e. The van der Waals surface area contributed by atoms with Gasteiger partial charge in [-0.3, -0.25) is 4.79 Å². The first kappa shape index (κ1) is 15.1. The third-order valence-electron chi connectivity index (χ3n) is 2.75. The van der Waals surface area contributed by atoms with E-state index in [-0.39, 0.29) is 24.0 Å². The van der Waals surface area contributed by atoms with Gasteiger partial charge in [-0.25, -0.2) is 0 Å². The van der Waals surface area contributed by atoms with E-state index in [0.717, 1.165) is 6.42 Å². The number of phenolic OH excluding ortho intramolecular Hbond substituents is 3. The molecule has 5 N–H and O–H groups in total. The van der Waals surface area contributed by atoms with Crippen LogP contribution >= 0.6 is 0 Å². The molecule has 0 aliphatic carbocycles. The summed E-state index contributed by atoms with van der Waals surface area (Å²) in [6.07, 6.45) is 0.866. The van der Waals surface area contributed by atoms with Crippen molar-refractivity contribution in [1.82, 2.24) is 10.6 Å². The largest absolute Gasteiger partial charge is 0.504 e. The van der Waals surface area contributed by atoms with Gasteiger partial charge in [0.05, 0.1) is 6.04 Å². The molecule has 1 aromatic carbocycles. The lowest BCUT2D eigenvalue weighted by molar-refractivity contribution is -0.122. The van der Waals surface area contributed by atoms with Crippen LogP contribution in [0.25, 0.3) is 0 Å². The summed E-state index contributed by atoms with van der Waals surface area (Å²) in [4.78, 5) is 11.6. The quantitative estimate of drug-likeness (QED) is 0.491. The smallest absolute Gasteiger partial charge is 0.236 e. The minimum absolute atomic E-state index is 0.121. The van der Waals surface area contributed by atoms with Crippen molar-refractivity contribution in [1.29, 1.82) is 0 Å². The van der Waals surface area contributed by atoms with Gasteiger partial charge in [-0.05, 0) is 19.4 Å². The van der Waals surface area contributed by atoms with Crippen molar-refractivity contribution in [2.75, 3.05) is 6.54 Å². The fraction of sp³-hybridized carbons (Fsp3) is 0.462. The van der Waals surface area contributed by atoms with Crippen molar-refractivity contribution in [3.05, 3.63) is 17.7 Å². The Bertz CT molecular complexity index is 449. The fourth-order valence-corrected chi connectivity index (χ4v) is 1.51. The number of rotatable bonds is 6. The molecular formula is C13H20N2O4. The second-order valence-electron chi connectivity index (χ2n) is 4.33. The second kappa shape index (κ2) is 6.84. The molecule has 0 aliphatic heterocycles. The van der Waals surface area contributed by atoms with Gasteiger partial charge in [-0.15, -0.1) is 0 Å². The number of benzene rings is 1. The zero-order valence-corrected chi connectivity index (χ0v) is 11.1. The summed E-state index contributed by atoms with van der Waals surface area (Å²) in [5, 5.41) is 33.9. The van der Waals surface area contributed by atoms with E-state index in [1.807, 2.05) is 6.92 Å². The van der Waals surface area contributed by atoms with Crippen molar-refractivity contribution in [2.24, 2.45) is 0 Å². The van der Waals surface area contributed by atoms with E-state index in [2.05, 4.69) is 10.6 Å². The molecule has 1 aromatic rings. The van der Waals surface area contributed by atoms with Gasteiger partial charge in [-0.2, -0.15) is 0 Å². The average molecular weight is 268 g/mol. The molecule has 1 amide bonds. The Morgan fingerprint density at radius 3 is 2.58 bits per heavy atom. The lowest BCUT2D eigenvalue weighted by atomic mass is 10.1. The van der Waals surface area contributed by atoms with E-state index in [4.69, 9.17) is 0 Å². The molecule has 1 unspecified atom stereocenters. The summed E-state index contributed by atoms with van der Waals surface area (Å²) in [5.74, 6) is -1.43. The minimum Gasteiger partial charge on any atom is -0.504 e. The highest BCUT2D eigenvalue weighted by Gasteiger charge is 2.14. The number of nitrogens with one attached hydrogen (secondary N) is 2. The number of hydrogen-bond acceptors (Lipinski definition) is 5. The Labute approximate surface area is 112 Å². The molecule has 1 atom stereocenters. The lowest BCUT2D eigenvalue weighted by Crippen LogP contribution is -2.42. The Balaban J connectivity index is 2.57. The number of hydrogen-bond donors (Lipinski definition) is 5. The predicted molar refractivity (Wildman–Crippen MR) is 71.0 cm³/mol. The molecule has 0 spiro atoms. The molecule has 19 heavy (non-hydrogen) atoms. The molecular weight excluding hydrogens is 248 g/mol. The van der Waals surface area contributed by atoms with Crippen LogP contribution in [0.4, 0.5) is 0 Å². The van der Waals surface area contributed by atoms with Crippen LogP contribution in [0.2, 0.25) is 0 Å². The summed E-state index contributed by atoms with van der Waals surface area (Å²) in [6.45, 7) is 4.51. The standard InChI is InChI=1S/C13H20N2O4/c1-3-6-14-13(19)8(2)15-7-9-4-5-10(16)12(18)11(9)17/h4-5,8,15-18H,3,6-7H2,1-2H3,(H,14,19). The van der Waals surface area contributed by atoms with E-state index in [1.54, 1.807) is 6.92 Å². The molecule has 106 valence electrons. The molecule has 0 bridgehead atoms. The Kier molecular flexibility index (Phi) is 5.44. The first-order chi connectivity index (χ1) is 8.97. The first-order valence-electron chi connectivity index (χ1n) is 6.21. The Morgan fingerprint density at radius 1 is 1.26 bits per heavy atom. The molecule has 0 heterocycles. The van der Waals surface area contributed by atoms with E-state index in [9.17, 15) is 20.1 Å². The highest BCUT2D eigenvalue weighted by Crippen LogP contribution is 2.36. The summed E-state index contributed by atoms with van der Waals surface area (Å²) < 4.78 is 0. The molecule has 0 saturated carbocycles. The summed E-state index contributed by atoms with van der Waals surface area (Å²) in [6, 6.07) is 2.35. The van der Waals surface area contributed by atoms with Crippen LogP contribution in [-0.4, -0.2) is 33.8 Å². The van der Waals surface area contributed by atoms with Gasteiger partial charge in [0.1, 0.15) is 0 Å². The number of carbonyl (C=O) groups excluding carboxylic acids is 1. The molecule has 0 radical (unpaired) electrons. The van der Waals surface area contributed by atoms with Crippen molar-refractivity contribution in [3.63, 3.8) is 0 Å². The van der Waals surface area contributed by atoms with Crippen molar-refractivity contribution >= 4 is 5.91 Å². The maximum absolute atomic E-state index is 11.6. The zero-order valence-electron chi connectivity index (χ0n) is 11.1. The molecule has 6 heteroatoms. The number of aromatic hydroxyl groups is 3. The van der Waals surface area contributed by atoms with Crippen LogP contribution in [0.15, 0.2) is 12.1 Å².